The van der Waals surface area contributed by atoms with Crippen LogP contribution in [0.2, 0.25) is 0 Å². The lowest BCUT2D eigenvalue weighted by atomic mass is 10.2. The standard InChI is InChI=1S/C23H20F3N3O3/c24-23(25,26)32-18-6-3-16(4-7-18)15-29-20-14-17(28-9-12-30-13-10-28)5-8-19(20)27-22(29)21-2-1-11-31-21/h1-8,11,14H,9-10,12-13,15H2. The second-order valence-corrected chi connectivity index (χ2v) is 7.46. The average Bonchev–Trinajstić information content (AvgIpc) is 3.43. The Bertz CT molecular complexity index is 1200. The fourth-order valence-corrected chi connectivity index (χ4v) is 3.86. The van der Waals surface area contributed by atoms with Crippen molar-refractivity contribution in [3.8, 4) is 17.3 Å². The maximum absolute atomic E-state index is 12.5. The van der Waals surface area contributed by atoms with Gasteiger partial charge < -0.3 is 23.4 Å². The van der Waals surface area contributed by atoms with Gasteiger partial charge in [-0.3, -0.25) is 0 Å². The van der Waals surface area contributed by atoms with Gasteiger partial charge in [-0.15, -0.1) is 13.2 Å². The van der Waals surface area contributed by atoms with Crippen LogP contribution in [0.3, 0.4) is 0 Å². The van der Waals surface area contributed by atoms with Crippen LogP contribution in [-0.2, 0) is 11.3 Å². The molecule has 3 heterocycles. The number of hydrogen-bond acceptors (Lipinski definition) is 5. The Morgan fingerprint density at radius 2 is 1.78 bits per heavy atom. The number of ether oxygens (including phenoxy) is 2. The normalized spacial score (nSPS) is 14.8. The zero-order valence-corrected chi connectivity index (χ0v) is 17.0. The van der Waals surface area contributed by atoms with Crippen LogP contribution < -0.4 is 9.64 Å². The Hall–Kier alpha value is -3.46. The van der Waals surface area contributed by atoms with E-state index in [1.54, 1.807) is 24.5 Å². The monoisotopic (exact) mass is 443 g/mol. The summed E-state index contributed by atoms with van der Waals surface area (Å²) in [7, 11) is 0. The zero-order valence-electron chi connectivity index (χ0n) is 17.0. The summed E-state index contributed by atoms with van der Waals surface area (Å²) in [5, 5.41) is 0. The van der Waals surface area contributed by atoms with Crippen LogP contribution in [0, 0.1) is 0 Å². The Morgan fingerprint density at radius 3 is 2.47 bits per heavy atom. The third kappa shape index (κ3) is 4.29. The topological polar surface area (TPSA) is 52.7 Å². The minimum atomic E-state index is -4.72. The van der Waals surface area contributed by atoms with Crippen molar-refractivity contribution in [3.05, 3.63) is 66.4 Å². The van der Waals surface area contributed by atoms with E-state index in [1.165, 1.54) is 12.1 Å². The number of aromatic nitrogens is 2. The summed E-state index contributed by atoms with van der Waals surface area (Å²) < 4.78 is 54.4. The first-order valence-corrected chi connectivity index (χ1v) is 10.2. The lowest BCUT2D eigenvalue weighted by Crippen LogP contribution is -2.36. The van der Waals surface area contributed by atoms with E-state index >= 15 is 0 Å². The van der Waals surface area contributed by atoms with Crippen LogP contribution >= 0.6 is 0 Å². The highest BCUT2D eigenvalue weighted by Crippen LogP contribution is 2.30. The summed E-state index contributed by atoms with van der Waals surface area (Å²) in [6.45, 7) is 3.39. The fraction of sp³-hybridized carbons (Fsp3) is 0.261. The lowest BCUT2D eigenvalue weighted by Gasteiger charge is -2.28. The highest BCUT2D eigenvalue weighted by molar-refractivity contribution is 5.83. The molecule has 0 N–H and O–H groups in total. The van der Waals surface area contributed by atoms with E-state index in [9.17, 15) is 13.2 Å². The molecule has 9 heteroatoms. The Labute approximate surface area is 181 Å². The van der Waals surface area contributed by atoms with Crippen molar-refractivity contribution in [2.75, 3.05) is 31.2 Å². The molecule has 5 rings (SSSR count). The molecular formula is C23H20F3N3O3. The molecule has 166 valence electrons. The van der Waals surface area contributed by atoms with Crippen LogP contribution in [-0.4, -0.2) is 42.2 Å². The molecule has 32 heavy (non-hydrogen) atoms. The Balaban J connectivity index is 1.52. The summed E-state index contributed by atoms with van der Waals surface area (Å²) in [4.78, 5) is 7.02. The van der Waals surface area contributed by atoms with Gasteiger partial charge in [-0.2, -0.15) is 0 Å². The van der Waals surface area contributed by atoms with E-state index in [-0.39, 0.29) is 5.75 Å². The van der Waals surface area contributed by atoms with Gasteiger partial charge in [0.05, 0.1) is 30.5 Å². The molecule has 0 aliphatic carbocycles. The van der Waals surface area contributed by atoms with Crippen LogP contribution in [0.5, 0.6) is 5.75 Å². The van der Waals surface area contributed by atoms with Crippen molar-refractivity contribution in [1.82, 2.24) is 9.55 Å². The molecule has 1 aliphatic heterocycles. The van der Waals surface area contributed by atoms with E-state index in [0.717, 1.165) is 35.4 Å². The summed E-state index contributed by atoms with van der Waals surface area (Å²) in [5.74, 6) is 1.02. The molecule has 4 aromatic rings. The molecular weight excluding hydrogens is 423 g/mol. The molecule has 0 spiro atoms. The number of alkyl halides is 3. The van der Waals surface area contributed by atoms with Gasteiger partial charge >= 0.3 is 6.36 Å². The Morgan fingerprint density at radius 1 is 1.00 bits per heavy atom. The Kier molecular flexibility index (Phi) is 5.26. The number of rotatable bonds is 5. The maximum atomic E-state index is 12.5. The second-order valence-electron chi connectivity index (χ2n) is 7.46. The molecule has 0 unspecified atom stereocenters. The van der Waals surface area contributed by atoms with E-state index in [4.69, 9.17) is 14.1 Å². The van der Waals surface area contributed by atoms with Crippen molar-refractivity contribution in [3.63, 3.8) is 0 Å². The van der Waals surface area contributed by atoms with Gasteiger partial charge in [-0.1, -0.05) is 12.1 Å². The molecule has 0 amide bonds. The number of imidazole rings is 1. The first kappa shape index (κ1) is 20.4. The van der Waals surface area contributed by atoms with Crippen molar-refractivity contribution in [2.24, 2.45) is 0 Å². The highest BCUT2D eigenvalue weighted by Gasteiger charge is 2.31. The van der Waals surface area contributed by atoms with E-state index in [1.807, 2.05) is 22.8 Å². The SMILES string of the molecule is FC(F)(F)Oc1ccc(Cn2c(-c3ccco3)nc3ccc(N4CCOCC4)cc32)cc1. The second kappa shape index (κ2) is 8.23. The molecule has 0 radical (unpaired) electrons. The average molecular weight is 443 g/mol. The fourth-order valence-electron chi connectivity index (χ4n) is 3.86. The van der Waals surface area contributed by atoms with Gasteiger partial charge in [0.1, 0.15) is 5.75 Å². The molecule has 6 nitrogen and oxygen atoms in total. The smallest absolute Gasteiger partial charge is 0.461 e. The summed E-state index contributed by atoms with van der Waals surface area (Å²) in [5.41, 5.74) is 3.60. The van der Waals surface area contributed by atoms with Gasteiger partial charge in [0.15, 0.2) is 11.6 Å². The molecule has 2 aromatic carbocycles. The van der Waals surface area contributed by atoms with Crippen LogP contribution in [0.15, 0.2) is 65.3 Å². The highest BCUT2D eigenvalue weighted by atomic mass is 19.4. The maximum Gasteiger partial charge on any atom is 0.573 e. The number of furan rings is 1. The van der Waals surface area contributed by atoms with Crippen LogP contribution in [0.1, 0.15) is 5.56 Å². The van der Waals surface area contributed by atoms with E-state index in [2.05, 4.69) is 15.7 Å². The van der Waals surface area contributed by atoms with Crippen molar-refractivity contribution >= 4 is 16.7 Å². The molecule has 1 saturated heterocycles. The number of anilines is 1. The predicted octanol–water partition coefficient (Wildman–Crippen LogP) is 5.08. The minimum Gasteiger partial charge on any atom is -0.461 e. The van der Waals surface area contributed by atoms with Gasteiger partial charge in [0.25, 0.3) is 0 Å². The molecule has 1 fully saturated rings. The number of hydrogen-bond donors (Lipinski definition) is 0. The predicted molar refractivity (Wildman–Crippen MR) is 113 cm³/mol. The summed E-state index contributed by atoms with van der Waals surface area (Å²) in [6.07, 6.45) is -3.13. The summed E-state index contributed by atoms with van der Waals surface area (Å²) >= 11 is 0. The van der Waals surface area contributed by atoms with Gasteiger partial charge in [-0.05, 0) is 48.0 Å². The van der Waals surface area contributed by atoms with Gasteiger partial charge in [-0.25, -0.2) is 4.98 Å². The largest absolute Gasteiger partial charge is 0.573 e. The van der Waals surface area contributed by atoms with Crippen LogP contribution in [0.4, 0.5) is 18.9 Å². The number of nitrogens with zero attached hydrogens (tertiary/aromatic N) is 3. The first-order chi connectivity index (χ1) is 15.5. The summed E-state index contributed by atoms with van der Waals surface area (Å²) in [6, 6.07) is 15.6. The number of fused-ring (bicyclic) bond motifs is 1. The molecule has 0 atom stereocenters. The molecule has 0 saturated carbocycles. The number of halogens is 3. The van der Waals surface area contributed by atoms with E-state index in [0.29, 0.717) is 31.3 Å². The van der Waals surface area contributed by atoms with Gasteiger partial charge in [0, 0.05) is 25.3 Å². The number of benzene rings is 2. The third-order valence-corrected chi connectivity index (χ3v) is 5.35. The van der Waals surface area contributed by atoms with Crippen molar-refractivity contribution < 1.29 is 27.1 Å². The number of morpholine rings is 1. The van der Waals surface area contributed by atoms with Gasteiger partial charge in [0.2, 0.25) is 0 Å². The zero-order chi connectivity index (χ0) is 22.1. The van der Waals surface area contributed by atoms with E-state index < -0.39 is 6.36 Å². The third-order valence-electron chi connectivity index (χ3n) is 5.35. The first-order valence-electron chi connectivity index (χ1n) is 10.2. The lowest BCUT2D eigenvalue weighted by molar-refractivity contribution is -0.274. The minimum absolute atomic E-state index is 0.252. The van der Waals surface area contributed by atoms with Crippen molar-refractivity contribution in [1.29, 1.82) is 0 Å². The quantitative estimate of drug-likeness (QED) is 0.431. The van der Waals surface area contributed by atoms with Crippen LogP contribution in [0.25, 0.3) is 22.6 Å². The molecule has 2 aromatic heterocycles. The van der Waals surface area contributed by atoms with Crippen molar-refractivity contribution in [2.45, 2.75) is 12.9 Å². The molecule has 1 aliphatic rings. The molecule has 0 bridgehead atoms.